The first-order valence-electron chi connectivity index (χ1n) is 16.3. The van der Waals surface area contributed by atoms with Crippen LogP contribution in [0.25, 0.3) is 0 Å². The monoisotopic (exact) mass is 596 g/mol. The topological polar surface area (TPSA) is 72.9 Å². The highest BCUT2D eigenvalue weighted by Crippen LogP contribution is 2.34. The van der Waals surface area contributed by atoms with Gasteiger partial charge in [-0.15, -0.1) is 0 Å². The lowest BCUT2D eigenvalue weighted by Crippen LogP contribution is -2.58. The number of rotatable bonds is 9. The van der Waals surface area contributed by atoms with Gasteiger partial charge in [0.15, 0.2) is 0 Å². The highest BCUT2D eigenvalue weighted by molar-refractivity contribution is 5.96. The van der Waals surface area contributed by atoms with Crippen molar-refractivity contribution in [3.8, 4) is 0 Å². The first-order valence-corrected chi connectivity index (χ1v) is 16.3. The Kier molecular flexibility index (Phi) is 9.99. The van der Waals surface area contributed by atoms with E-state index in [1.165, 1.54) is 11.9 Å². The molecule has 1 aromatic heterocycles. The van der Waals surface area contributed by atoms with E-state index in [0.29, 0.717) is 24.7 Å². The van der Waals surface area contributed by atoms with Gasteiger partial charge >= 0.3 is 0 Å². The number of nitrogens with zero attached hydrogens (tertiary/aromatic N) is 6. The maximum Gasteiger partial charge on any atom is 0.257 e. The Morgan fingerprint density at radius 3 is 2.14 bits per heavy atom. The largest absolute Gasteiger partial charge is 0.364 e. The Morgan fingerprint density at radius 1 is 0.886 bits per heavy atom. The van der Waals surface area contributed by atoms with Gasteiger partial charge in [0.1, 0.15) is 6.33 Å². The molecule has 2 saturated heterocycles. The number of carbonyl (C=O) groups excluding carboxylic acids is 2. The van der Waals surface area contributed by atoms with Gasteiger partial charge in [-0.2, -0.15) is 0 Å². The van der Waals surface area contributed by atoms with Crippen LogP contribution in [0.4, 0.5) is 5.69 Å². The fourth-order valence-corrected chi connectivity index (χ4v) is 7.01. The van der Waals surface area contributed by atoms with E-state index in [2.05, 4.69) is 69.2 Å². The molecule has 5 rings (SSSR count). The molecule has 3 aromatic rings. The summed E-state index contributed by atoms with van der Waals surface area (Å²) in [4.78, 5) is 44.2. The first kappa shape index (κ1) is 31.6. The molecule has 0 radical (unpaired) electrons. The summed E-state index contributed by atoms with van der Waals surface area (Å²) in [6.07, 6.45) is 5.55. The van der Waals surface area contributed by atoms with Gasteiger partial charge in [0.25, 0.3) is 11.8 Å². The lowest BCUT2D eigenvalue weighted by atomic mass is 9.85. The molecule has 0 unspecified atom stereocenters. The van der Waals surface area contributed by atoms with Crippen molar-refractivity contribution < 1.29 is 9.59 Å². The van der Waals surface area contributed by atoms with Crippen LogP contribution in [0.15, 0.2) is 60.9 Å². The molecule has 44 heavy (non-hydrogen) atoms. The van der Waals surface area contributed by atoms with Crippen molar-refractivity contribution in [3.05, 3.63) is 89.0 Å². The third-order valence-electron chi connectivity index (χ3n) is 9.91. The predicted octanol–water partition coefficient (Wildman–Crippen LogP) is 5.74. The zero-order chi connectivity index (χ0) is 31.3. The summed E-state index contributed by atoms with van der Waals surface area (Å²) < 4.78 is 0. The molecule has 2 aromatic carbocycles. The van der Waals surface area contributed by atoms with Crippen molar-refractivity contribution >= 4 is 17.5 Å². The maximum absolute atomic E-state index is 13.4. The Balaban J connectivity index is 1.27. The number of hydrogen-bond acceptors (Lipinski definition) is 6. The number of aryl methyl sites for hydroxylation is 2. The summed E-state index contributed by atoms with van der Waals surface area (Å²) in [5.74, 6) is 0.147. The van der Waals surface area contributed by atoms with Crippen LogP contribution < -0.4 is 4.90 Å². The van der Waals surface area contributed by atoms with Crippen LogP contribution in [0, 0.1) is 13.8 Å². The zero-order valence-electron chi connectivity index (χ0n) is 27.1. The van der Waals surface area contributed by atoms with Gasteiger partial charge in [0, 0.05) is 68.6 Å². The zero-order valence-corrected chi connectivity index (χ0v) is 27.1. The molecular formula is C36H48N6O2. The van der Waals surface area contributed by atoms with Crippen LogP contribution in [0.5, 0.6) is 0 Å². The number of anilines is 1. The van der Waals surface area contributed by atoms with Crippen LogP contribution in [0.3, 0.4) is 0 Å². The molecule has 2 aliphatic heterocycles. The Bertz CT molecular complexity index is 1400. The van der Waals surface area contributed by atoms with E-state index in [0.717, 1.165) is 81.0 Å². The maximum atomic E-state index is 13.4. The standard InChI is InChI=1S/C36H48N6O2/c1-6-39(7-2)34(43)30-14-11-15-32(24-30)42(25-29-12-9-8-10-13-29)31-16-20-41(21-17-31)36(5)18-22-40(23-19-36)35(44)33-27(3)37-26-38-28(33)4/h8-15,24,26,31H,6-7,16-23,25H2,1-5H3. The molecule has 8 heteroatoms. The van der Waals surface area contributed by atoms with Crippen molar-refractivity contribution in [2.45, 2.75) is 78.4 Å². The second-order valence-electron chi connectivity index (χ2n) is 12.6. The van der Waals surface area contributed by atoms with E-state index in [9.17, 15) is 9.59 Å². The molecule has 2 aliphatic rings. The number of amides is 2. The van der Waals surface area contributed by atoms with Crippen molar-refractivity contribution in [2.75, 3.05) is 44.2 Å². The molecule has 0 bridgehead atoms. The number of piperidine rings is 2. The van der Waals surface area contributed by atoms with Gasteiger partial charge in [0.2, 0.25) is 0 Å². The molecule has 0 N–H and O–H groups in total. The fourth-order valence-electron chi connectivity index (χ4n) is 7.01. The Morgan fingerprint density at radius 2 is 1.52 bits per heavy atom. The summed E-state index contributed by atoms with van der Waals surface area (Å²) in [5.41, 5.74) is 5.36. The van der Waals surface area contributed by atoms with Gasteiger partial charge in [-0.3, -0.25) is 14.5 Å². The summed E-state index contributed by atoms with van der Waals surface area (Å²) in [6.45, 7) is 16.0. The number of carbonyl (C=O) groups is 2. The first-order chi connectivity index (χ1) is 21.2. The van der Waals surface area contributed by atoms with Gasteiger partial charge in [-0.25, -0.2) is 9.97 Å². The number of benzene rings is 2. The van der Waals surface area contributed by atoms with Crippen LogP contribution in [-0.2, 0) is 6.54 Å². The van der Waals surface area contributed by atoms with Crippen molar-refractivity contribution in [1.29, 1.82) is 0 Å². The van der Waals surface area contributed by atoms with Crippen molar-refractivity contribution in [1.82, 2.24) is 24.7 Å². The molecule has 0 spiro atoms. The van der Waals surface area contributed by atoms with Gasteiger partial charge < -0.3 is 14.7 Å². The molecule has 0 atom stereocenters. The van der Waals surface area contributed by atoms with Crippen molar-refractivity contribution in [2.24, 2.45) is 0 Å². The third kappa shape index (κ3) is 6.80. The highest BCUT2D eigenvalue weighted by Gasteiger charge is 2.40. The van der Waals surface area contributed by atoms with Crippen LogP contribution in [0.1, 0.15) is 84.1 Å². The average Bonchev–Trinajstić information content (AvgIpc) is 3.05. The predicted molar refractivity (Wildman–Crippen MR) is 176 cm³/mol. The van der Waals surface area contributed by atoms with E-state index in [1.807, 2.05) is 49.6 Å². The van der Waals surface area contributed by atoms with Crippen molar-refractivity contribution in [3.63, 3.8) is 0 Å². The summed E-state index contributed by atoms with van der Waals surface area (Å²) in [6, 6.07) is 19.2. The lowest BCUT2D eigenvalue weighted by Gasteiger charge is -2.50. The summed E-state index contributed by atoms with van der Waals surface area (Å²) in [7, 11) is 0. The fraction of sp³-hybridized carbons (Fsp3) is 0.500. The minimum Gasteiger partial charge on any atom is -0.364 e. The SMILES string of the molecule is CCN(CC)C(=O)c1cccc(N(Cc2ccccc2)C2CCN(C3(C)CCN(C(=O)c4c(C)ncnc4C)CC3)CC2)c1. The molecule has 0 saturated carbocycles. The van der Waals surface area contributed by atoms with Crippen LogP contribution in [0.2, 0.25) is 0 Å². The third-order valence-corrected chi connectivity index (χ3v) is 9.91. The molecule has 3 heterocycles. The number of aromatic nitrogens is 2. The molecule has 2 amide bonds. The Hall–Kier alpha value is -3.78. The van der Waals surface area contributed by atoms with E-state index < -0.39 is 0 Å². The highest BCUT2D eigenvalue weighted by atomic mass is 16.2. The van der Waals surface area contributed by atoms with E-state index in [4.69, 9.17) is 0 Å². The van der Waals surface area contributed by atoms with Gasteiger partial charge in [0.05, 0.1) is 17.0 Å². The minimum atomic E-state index is 0.0552. The summed E-state index contributed by atoms with van der Waals surface area (Å²) in [5, 5.41) is 0. The van der Waals surface area contributed by atoms with Gasteiger partial charge in [-0.1, -0.05) is 36.4 Å². The molecule has 0 aliphatic carbocycles. The van der Waals surface area contributed by atoms with E-state index in [-0.39, 0.29) is 17.4 Å². The molecule has 234 valence electrons. The van der Waals surface area contributed by atoms with Crippen LogP contribution in [-0.4, -0.2) is 87.3 Å². The Labute approximate surface area is 263 Å². The normalized spacial score (nSPS) is 17.3. The van der Waals surface area contributed by atoms with E-state index >= 15 is 0 Å². The lowest BCUT2D eigenvalue weighted by molar-refractivity contribution is 0.0170. The molecular weight excluding hydrogens is 548 g/mol. The second-order valence-corrected chi connectivity index (χ2v) is 12.6. The average molecular weight is 597 g/mol. The summed E-state index contributed by atoms with van der Waals surface area (Å²) >= 11 is 0. The quantitative estimate of drug-likeness (QED) is 0.314. The minimum absolute atomic E-state index is 0.0552. The number of likely N-dealkylation sites (tertiary alicyclic amines) is 2. The molecule has 2 fully saturated rings. The van der Waals surface area contributed by atoms with E-state index in [1.54, 1.807) is 0 Å². The smallest absolute Gasteiger partial charge is 0.257 e. The van der Waals surface area contributed by atoms with Gasteiger partial charge in [-0.05, 0) is 84.1 Å². The van der Waals surface area contributed by atoms with Crippen LogP contribution >= 0.6 is 0 Å². The molecule has 8 nitrogen and oxygen atoms in total. The number of hydrogen-bond donors (Lipinski definition) is 0. The second kappa shape index (κ2) is 13.9.